The third-order valence-corrected chi connectivity index (χ3v) is 2.46. The van der Waals surface area contributed by atoms with Gasteiger partial charge in [0.15, 0.2) is 0 Å². The quantitative estimate of drug-likeness (QED) is 0.734. The van der Waals surface area contributed by atoms with Crippen LogP contribution in [0.5, 0.6) is 5.75 Å². The number of aromatic nitrogens is 2. The van der Waals surface area contributed by atoms with Gasteiger partial charge < -0.3 is 5.11 Å². The molecular weight excluding hydrogens is 180 g/mol. The Kier molecular flexibility index (Phi) is 1.84. The molecule has 0 aliphatic heterocycles. The van der Waals surface area contributed by atoms with Crippen molar-refractivity contribution in [2.24, 2.45) is 7.05 Å². The highest BCUT2D eigenvalue weighted by molar-refractivity contribution is 5.84. The molecule has 1 heterocycles. The Morgan fingerprint density at radius 3 is 2.71 bits per heavy atom. The van der Waals surface area contributed by atoms with Crippen LogP contribution in [-0.4, -0.2) is 14.5 Å². The molecule has 0 fully saturated rings. The molecule has 1 N–H and O–H groups in total. The lowest BCUT2D eigenvalue weighted by Crippen LogP contribution is -2.19. The van der Waals surface area contributed by atoms with E-state index in [-0.39, 0.29) is 11.3 Å². The number of aryl methyl sites for hydroxylation is 1. The summed E-state index contributed by atoms with van der Waals surface area (Å²) >= 11 is 0. The Balaban J connectivity index is 3.02. The molecule has 0 aliphatic rings. The first-order valence-corrected chi connectivity index (χ1v) is 4.54. The molecule has 0 amide bonds. The number of rotatable bonds is 1. The number of benzene rings is 1. The standard InChI is InChI=1S/C10H12N2O2/c1-3-12-10(14)7-5-4-6-8(13)9(7)11(12)2/h4-6,13H,3H2,1-2H3. The molecule has 4 heteroatoms. The molecule has 0 atom stereocenters. The normalized spacial score (nSPS) is 11.0. The third kappa shape index (κ3) is 0.968. The zero-order valence-corrected chi connectivity index (χ0v) is 8.19. The van der Waals surface area contributed by atoms with Gasteiger partial charge in [0.25, 0.3) is 5.56 Å². The summed E-state index contributed by atoms with van der Waals surface area (Å²) < 4.78 is 3.28. The Labute approximate surface area is 81.0 Å². The first-order valence-electron chi connectivity index (χ1n) is 4.54. The number of aromatic hydroxyl groups is 1. The number of phenols is 1. The molecule has 0 unspecified atom stereocenters. The van der Waals surface area contributed by atoms with Crippen LogP contribution in [0.2, 0.25) is 0 Å². The number of para-hydroxylation sites is 1. The van der Waals surface area contributed by atoms with E-state index in [1.54, 1.807) is 34.6 Å². The predicted octanol–water partition coefficient (Wildman–Crippen LogP) is 1.07. The van der Waals surface area contributed by atoms with Crippen molar-refractivity contribution in [2.45, 2.75) is 13.5 Å². The van der Waals surface area contributed by atoms with Crippen molar-refractivity contribution in [2.75, 3.05) is 0 Å². The molecule has 0 saturated heterocycles. The van der Waals surface area contributed by atoms with Gasteiger partial charge in [0, 0.05) is 13.6 Å². The lowest BCUT2D eigenvalue weighted by molar-refractivity contribution is 0.470. The molecule has 2 rings (SSSR count). The molecule has 1 aromatic carbocycles. The highest BCUT2D eigenvalue weighted by Gasteiger charge is 2.11. The topological polar surface area (TPSA) is 47.2 Å². The van der Waals surface area contributed by atoms with Gasteiger partial charge in [-0.05, 0) is 19.1 Å². The average molecular weight is 192 g/mol. The second kappa shape index (κ2) is 2.90. The summed E-state index contributed by atoms with van der Waals surface area (Å²) in [5, 5.41) is 10.2. The number of nitrogens with zero attached hydrogens (tertiary/aromatic N) is 2. The summed E-state index contributed by atoms with van der Waals surface area (Å²) in [5.74, 6) is 0.148. The van der Waals surface area contributed by atoms with E-state index in [1.165, 1.54) is 0 Å². The molecule has 0 radical (unpaired) electrons. The molecule has 14 heavy (non-hydrogen) atoms. The van der Waals surface area contributed by atoms with Crippen LogP contribution in [0.4, 0.5) is 0 Å². The largest absolute Gasteiger partial charge is 0.506 e. The number of hydrogen-bond acceptors (Lipinski definition) is 2. The van der Waals surface area contributed by atoms with Crippen molar-refractivity contribution in [3.8, 4) is 5.75 Å². The molecule has 74 valence electrons. The zero-order chi connectivity index (χ0) is 10.3. The molecule has 0 aliphatic carbocycles. The Morgan fingerprint density at radius 1 is 1.43 bits per heavy atom. The van der Waals surface area contributed by atoms with E-state index in [4.69, 9.17) is 0 Å². The highest BCUT2D eigenvalue weighted by Crippen LogP contribution is 2.21. The Hall–Kier alpha value is -1.71. The minimum atomic E-state index is -0.0547. The van der Waals surface area contributed by atoms with Gasteiger partial charge in [0.05, 0.1) is 5.39 Å². The molecule has 0 saturated carbocycles. The van der Waals surface area contributed by atoms with Gasteiger partial charge in [0.1, 0.15) is 11.3 Å². The minimum absolute atomic E-state index is 0.0547. The number of phenolic OH excluding ortho intramolecular Hbond substituents is 1. The van der Waals surface area contributed by atoms with Crippen LogP contribution in [0.1, 0.15) is 6.92 Å². The number of hydrogen-bond donors (Lipinski definition) is 1. The van der Waals surface area contributed by atoms with E-state index in [0.29, 0.717) is 17.4 Å². The summed E-state index contributed by atoms with van der Waals surface area (Å²) in [5.41, 5.74) is 0.542. The second-order valence-corrected chi connectivity index (χ2v) is 3.22. The van der Waals surface area contributed by atoms with Crippen LogP contribution < -0.4 is 5.56 Å². The third-order valence-electron chi connectivity index (χ3n) is 2.46. The fourth-order valence-corrected chi connectivity index (χ4v) is 1.80. The van der Waals surface area contributed by atoms with Gasteiger partial charge in [-0.25, -0.2) is 0 Å². The van der Waals surface area contributed by atoms with Crippen LogP contribution in [0.3, 0.4) is 0 Å². The maximum absolute atomic E-state index is 11.8. The maximum atomic E-state index is 11.8. The first-order chi connectivity index (χ1) is 6.66. The van der Waals surface area contributed by atoms with Crippen LogP contribution in [0.15, 0.2) is 23.0 Å². The van der Waals surface area contributed by atoms with Crippen LogP contribution in [0.25, 0.3) is 10.9 Å². The van der Waals surface area contributed by atoms with Gasteiger partial charge in [-0.2, -0.15) is 0 Å². The van der Waals surface area contributed by atoms with Gasteiger partial charge in [-0.15, -0.1) is 0 Å². The first kappa shape index (κ1) is 8.87. The molecule has 0 spiro atoms. The molecule has 1 aromatic heterocycles. The van der Waals surface area contributed by atoms with Gasteiger partial charge in [0.2, 0.25) is 0 Å². The van der Waals surface area contributed by atoms with E-state index in [2.05, 4.69) is 0 Å². The van der Waals surface area contributed by atoms with E-state index >= 15 is 0 Å². The van der Waals surface area contributed by atoms with Crippen molar-refractivity contribution in [1.29, 1.82) is 0 Å². The summed E-state index contributed by atoms with van der Waals surface area (Å²) in [7, 11) is 1.77. The van der Waals surface area contributed by atoms with E-state index in [0.717, 1.165) is 0 Å². The second-order valence-electron chi connectivity index (χ2n) is 3.22. The summed E-state index contributed by atoms with van der Waals surface area (Å²) in [6.45, 7) is 2.50. The fraction of sp³-hybridized carbons (Fsp3) is 0.300. The monoisotopic (exact) mass is 192 g/mol. The lowest BCUT2D eigenvalue weighted by Gasteiger charge is -2.03. The van der Waals surface area contributed by atoms with Gasteiger partial charge >= 0.3 is 0 Å². The SMILES string of the molecule is CCn1c(=O)c2cccc(O)c2n1C. The van der Waals surface area contributed by atoms with Crippen LogP contribution >= 0.6 is 0 Å². The smallest absolute Gasteiger partial charge is 0.274 e. The molecule has 0 bridgehead atoms. The highest BCUT2D eigenvalue weighted by atomic mass is 16.3. The zero-order valence-electron chi connectivity index (χ0n) is 8.19. The minimum Gasteiger partial charge on any atom is -0.506 e. The van der Waals surface area contributed by atoms with Crippen molar-refractivity contribution < 1.29 is 5.11 Å². The Morgan fingerprint density at radius 2 is 2.14 bits per heavy atom. The van der Waals surface area contributed by atoms with Crippen molar-refractivity contribution in [3.05, 3.63) is 28.6 Å². The van der Waals surface area contributed by atoms with Gasteiger partial charge in [-0.1, -0.05) is 6.07 Å². The van der Waals surface area contributed by atoms with E-state index < -0.39 is 0 Å². The molecule has 4 nitrogen and oxygen atoms in total. The Bertz CT molecular complexity index is 537. The van der Waals surface area contributed by atoms with Crippen molar-refractivity contribution >= 4 is 10.9 Å². The van der Waals surface area contributed by atoms with Crippen molar-refractivity contribution in [1.82, 2.24) is 9.36 Å². The molecular formula is C10H12N2O2. The number of fused-ring (bicyclic) bond motifs is 1. The predicted molar refractivity (Wildman–Crippen MR) is 54.5 cm³/mol. The van der Waals surface area contributed by atoms with Crippen LogP contribution in [-0.2, 0) is 13.6 Å². The van der Waals surface area contributed by atoms with Gasteiger partial charge in [-0.3, -0.25) is 14.2 Å². The fourth-order valence-electron chi connectivity index (χ4n) is 1.80. The summed E-state index contributed by atoms with van der Waals surface area (Å²) in [4.78, 5) is 11.8. The summed E-state index contributed by atoms with van der Waals surface area (Å²) in [6.07, 6.45) is 0. The average Bonchev–Trinajstić information content (AvgIpc) is 2.41. The van der Waals surface area contributed by atoms with Crippen molar-refractivity contribution in [3.63, 3.8) is 0 Å². The maximum Gasteiger partial charge on any atom is 0.274 e. The van der Waals surface area contributed by atoms with Crippen LogP contribution in [0, 0.1) is 0 Å². The molecule has 2 aromatic rings. The summed E-state index contributed by atoms with van der Waals surface area (Å²) in [6, 6.07) is 4.99. The van der Waals surface area contributed by atoms with E-state index in [1.807, 2.05) is 6.92 Å². The van der Waals surface area contributed by atoms with E-state index in [9.17, 15) is 9.90 Å². The lowest BCUT2D eigenvalue weighted by atomic mass is 10.2.